The van der Waals surface area contributed by atoms with Crippen LogP contribution in [0.25, 0.3) is 0 Å². The molecule has 0 radical (unpaired) electrons. The fourth-order valence-corrected chi connectivity index (χ4v) is 0.919. The minimum atomic E-state index is -0.109. The summed E-state index contributed by atoms with van der Waals surface area (Å²) >= 11 is 1.83. The highest BCUT2D eigenvalue weighted by Crippen LogP contribution is 1.98. The van der Waals surface area contributed by atoms with Crippen molar-refractivity contribution in [2.45, 2.75) is 19.0 Å². The maximum atomic E-state index is 5.30. The maximum absolute atomic E-state index is 5.30. The van der Waals surface area contributed by atoms with Crippen LogP contribution in [0.4, 0.5) is 0 Å². The van der Waals surface area contributed by atoms with Gasteiger partial charge in [-0.1, -0.05) is 0 Å². The third kappa shape index (κ3) is 6.27. The third-order valence-corrected chi connectivity index (χ3v) is 1.58. The molecular weight excluding hydrogens is 120 g/mol. The summed E-state index contributed by atoms with van der Waals surface area (Å²) in [7, 11) is 0. The Bertz CT molecular complexity index is 47.7. The van der Waals surface area contributed by atoms with Crippen molar-refractivity contribution >= 4 is 11.8 Å². The number of thioether (sulfide) groups is 1. The van der Waals surface area contributed by atoms with E-state index in [1.807, 2.05) is 11.8 Å². The topological polar surface area (TPSA) is 52.0 Å². The average molecular weight is 134 g/mol. The van der Waals surface area contributed by atoms with E-state index in [1.54, 1.807) is 0 Å². The monoisotopic (exact) mass is 134 g/mol. The van der Waals surface area contributed by atoms with Crippen LogP contribution in [0.15, 0.2) is 0 Å². The second-order valence-electron chi connectivity index (χ2n) is 1.80. The third-order valence-electron chi connectivity index (χ3n) is 0.886. The lowest BCUT2D eigenvalue weighted by molar-refractivity contribution is 0.631. The normalized spacial score (nSPS) is 10.5. The molecule has 3 heteroatoms. The quantitative estimate of drug-likeness (QED) is 0.431. The Morgan fingerprint density at radius 3 is 2.50 bits per heavy atom. The van der Waals surface area contributed by atoms with Gasteiger partial charge in [0.15, 0.2) is 0 Å². The minimum absolute atomic E-state index is 0.109. The number of hydrogen-bond acceptors (Lipinski definition) is 3. The van der Waals surface area contributed by atoms with Crippen molar-refractivity contribution in [3.8, 4) is 0 Å². The Labute approximate surface area is 55.0 Å². The van der Waals surface area contributed by atoms with E-state index < -0.39 is 0 Å². The summed E-state index contributed by atoms with van der Waals surface area (Å²) in [6.07, 6.45) is 4.06. The Hall–Kier alpha value is 0.270. The van der Waals surface area contributed by atoms with Crippen LogP contribution in [0.1, 0.15) is 12.8 Å². The first kappa shape index (κ1) is 8.27. The van der Waals surface area contributed by atoms with Crippen molar-refractivity contribution in [3.63, 3.8) is 0 Å². The van der Waals surface area contributed by atoms with Gasteiger partial charge in [0.05, 0.1) is 6.17 Å². The smallest absolute Gasteiger partial charge is 0.0521 e. The van der Waals surface area contributed by atoms with Crippen molar-refractivity contribution in [1.29, 1.82) is 0 Å². The molecule has 0 unspecified atom stereocenters. The maximum Gasteiger partial charge on any atom is 0.0521 e. The highest BCUT2D eigenvalue weighted by Gasteiger charge is 1.91. The zero-order valence-electron chi connectivity index (χ0n) is 5.26. The molecule has 0 aliphatic rings. The summed E-state index contributed by atoms with van der Waals surface area (Å²) in [6.45, 7) is 0. The van der Waals surface area contributed by atoms with Crippen LogP contribution in [-0.2, 0) is 0 Å². The van der Waals surface area contributed by atoms with Crippen molar-refractivity contribution in [2.24, 2.45) is 11.5 Å². The summed E-state index contributed by atoms with van der Waals surface area (Å²) < 4.78 is 0. The first-order valence-electron chi connectivity index (χ1n) is 2.77. The molecule has 0 aliphatic carbocycles. The molecule has 0 aromatic heterocycles. The molecule has 0 atom stereocenters. The standard InChI is InChI=1S/C5H14N2S/c1-8-4-2-3-5(6)7/h5H,2-4,6-7H2,1H3. The highest BCUT2D eigenvalue weighted by molar-refractivity contribution is 7.98. The Morgan fingerprint density at radius 2 is 2.12 bits per heavy atom. The van der Waals surface area contributed by atoms with Crippen LogP contribution in [0.3, 0.4) is 0 Å². The largest absolute Gasteiger partial charge is 0.316 e. The van der Waals surface area contributed by atoms with E-state index in [1.165, 1.54) is 5.75 Å². The van der Waals surface area contributed by atoms with Crippen molar-refractivity contribution in [3.05, 3.63) is 0 Å². The predicted octanol–water partition coefficient (Wildman–Crippen LogP) is 0.373. The van der Waals surface area contributed by atoms with E-state index in [2.05, 4.69) is 6.26 Å². The molecule has 0 fully saturated rings. The Kier molecular flexibility index (Phi) is 5.59. The summed E-state index contributed by atoms with van der Waals surface area (Å²) in [5, 5.41) is 0. The SMILES string of the molecule is CSCCCC(N)N. The van der Waals surface area contributed by atoms with Gasteiger partial charge in [0.1, 0.15) is 0 Å². The summed E-state index contributed by atoms with van der Waals surface area (Å²) in [6, 6.07) is 0. The van der Waals surface area contributed by atoms with Crippen LogP contribution in [0, 0.1) is 0 Å². The second-order valence-corrected chi connectivity index (χ2v) is 2.78. The lowest BCUT2D eigenvalue weighted by Crippen LogP contribution is -2.30. The fourth-order valence-electron chi connectivity index (χ4n) is 0.463. The van der Waals surface area contributed by atoms with Crippen LogP contribution >= 0.6 is 11.8 Å². The zero-order chi connectivity index (χ0) is 6.41. The Balaban J connectivity index is 2.72. The minimum Gasteiger partial charge on any atom is -0.316 e. The predicted molar refractivity (Wildman–Crippen MR) is 39.8 cm³/mol. The van der Waals surface area contributed by atoms with Crippen LogP contribution in [0.5, 0.6) is 0 Å². The van der Waals surface area contributed by atoms with Crippen LogP contribution in [-0.4, -0.2) is 18.2 Å². The molecule has 0 aromatic rings. The van der Waals surface area contributed by atoms with E-state index >= 15 is 0 Å². The van der Waals surface area contributed by atoms with Gasteiger partial charge in [-0.3, -0.25) is 0 Å². The van der Waals surface area contributed by atoms with Crippen LogP contribution in [0.2, 0.25) is 0 Å². The van der Waals surface area contributed by atoms with Gasteiger partial charge in [-0.2, -0.15) is 11.8 Å². The molecule has 0 aromatic carbocycles. The summed E-state index contributed by atoms with van der Waals surface area (Å²) in [4.78, 5) is 0. The van der Waals surface area contributed by atoms with Gasteiger partial charge in [0, 0.05) is 0 Å². The molecule has 4 N–H and O–H groups in total. The lowest BCUT2D eigenvalue weighted by Gasteiger charge is -2.01. The molecule has 50 valence electrons. The lowest BCUT2D eigenvalue weighted by atomic mass is 10.3. The second kappa shape index (κ2) is 5.41. The molecule has 0 amide bonds. The van der Waals surface area contributed by atoms with Crippen molar-refractivity contribution < 1.29 is 0 Å². The molecule has 0 spiro atoms. The molecule has 0 rings (SSSR count). The summed E-state index contributed by atoms with van der Waals surface area (Å²) in [5.74, 6) is 1.17. The van der Waals surface area contributed by atoms with Crippen molar-refractivity contribution in [1.82, 2.24) is 0 Å². The van der Waals surface area contributed by atoms with Gasteiger partial charge in [-0.25, -0.2) is 0 Å². The van der Waals surface area contributed by atoms with E-state index in [0.717, 1.165) is 12.8 Å². The fraction of sp³-hybridized carbons (Fsp3) is 1.00. The molecule has 0 saturated heterocycles. The molecule has 2 nitrogen and oxygen atoms in total. The van der Waals surface area contributed by atoms with Crippen molar-refractivity contribution in [2.75, 3.05) is 12.0 Å². The molecule has 0 bridgehead atoms. The van der Waals surface area contributed by atoms with Crippen LogP contribution < -0.4 is 11.5 Å². The van der Waals surface area contributed by atoms with Gasteiger partial charge in [0.2, 0.25) is 0 Å². The highest BCUT2D eigenvalue weighted by atomic mass is 32.2. The van der Waals surface area contributed by atoms with E-state index in [0.29, 0.717) is 0 Å². The van der Waals surface area contributed by atoms with E-state index in [9.17, 15) is 0 Å². The molecular formula is C5H14N2S. The van der Waals surface area contributed by atoms with E-state index in [4.69, 9.17) is 11.5 Å². The van der Waals surface area contributed by atoms with Gasteiger partial charge < -0.3 is 11.5 Å². The van der Waals surface area contributed by atoms with Gasteiger partial charge >= 0.3 is 0 Å². The average Bonchev–Trinajstić information content (AvgIpc) is 1.66. The van der Waals surface area contributed by atoms with Gasteiger partial charge in [-0.15, -0.1) is 0 Å². The van der Waals surface area contributed by atoms with Gasteiger partial charge in [-0.05, 0) is 24.9 Å². The molecule has 0 aliphatic heterocycles. The van der Waals surface area contributed by atoms with Gasteiger partial charge in [0.25, 0.3) is 0 Å². The molecule has 8 heavy (non-hydrogen) atoms. The number of rotatable bonds is 4. The number of nitrogens with two attached hydrogens (primary N) is 2. The Morgan fingerprint density at radius 1 is 1.50 bits per heavy atom. The molecule has 0 saturated carbocycles. The zero-order valence-corrected chi connectivity index (χ0v) is 6.08. The first-order valence-corrected chi connectivity index (χ1v) is 4.17. The first-order chi connectivity index (χ1) is 3.77. The summed E-state index contributed by atoms with van der Waals surface area (Å²) in [5.41, 5.74) is 10.6. The number of hydrogen-bond donors (Lipinski definition) is 2. The molecule has 0 heterocycles. The van der Waals surface area contributed by atoms with E-state index in [-0.39, 0.29) is 6.17 Å².